The Bertz CT molecular complexity index is 777. The third-order valence-corrected chi connectivity index (χ3v) is 3.39. The molecule has 0 aliphatic rings. The number of furan rings is 1. The van der Waals surface area contributed by atoms with Gasteiger partial charge < -0.3 is 9.15 Å². The lowest BCUT2D eigenvalue weighted by Gasteiger charge is -2.10. The van der Waals surface area contributed by atoms with Crippen LogP contribution in [0.4, 0.5) is 0 Å². The molecule has 0 aliphatic carbocycles. The highest BCUT2D eigenvalue weighted by molar-refractivity contribution is 5.43. The van der Waals surface area contributed by atoms with Gasteiger partial charge in [-0.15, -0.1) is 0 Å². The van der Waals surface area contributed by atoms with Gasteiger partial charge in [-0.1, -0.05) is 42.2 Å². The topological polar surface area (TPSA) is 22.4 Å². The zero-order valence-corrected chi connectivity index (χ0v) is 12.3. The highest BCUT2D eigenvalue weighted by Gasteiger charge is 2.15. The summed E-state index contributed by atoms with van der Waals surface area (Å²) in [7, 11) is 1.66. The molecule has 3 rings (SSSR count). The molecule has 1 heterocycles. The normalized spacial score (nSPS) is 11.3. The quantitative estimate of drug-likeness (QED) is 0.663. The van der Waals surface area contributed by atoms with E-state index in [4.69, 9.17) is 9.15 Å². The average molecular weight is 288 g/mol. The zero-order valence-electron chi connectivity index (χ0n) is 12.3. The summed E-state index contributed by atoms with van der Waals surface area (Å²) in [5.41, 5.74) is 2.04. The van der Waals surface area contributed by atoms with E-state index >= 15 is 0 Å². The Hall–Kier alpha value is -2.92. The van der Waals surface area contributed by atoms with Crippen molar-refractivity contribution in [1.82, 2.24) is 0 Å². The Kier molecular flexibility index (Phi) is 4.27. The van der Waals surface area contributed by atoms with Crippen LogP contribution in [-0.2, 0) is 0 Å². The fourth-order valence-corrected chi connectivity index (χ4v) is 2.27. The van der Waals surface area contributed by atoms with Crippen LogP contribution in [0.2, 0.25) is 0 Å². The molecule has 0 bridgehead atoms. The minimum Gasteiger partial charge on any atom is -0.497 e. The third kappa shape index (κ3) is 3.21. The summed E-state index contributed by atoms with van der Waals surface area (Å²) in [6.45, 7) is 0. The molecule has 0 fully saturated rings. The van der Waals surface area contributed by atoms with Crippen molar-refractivity contribution in [2.75, 3.05) is 7.11 Å². The molecule has 108 valence electrons. The minimum atomic E-state index is -0.120. The van der Waals surface area contributed by atoms with Gasteiger partial charge in [-0.05, 0) is 42.0 Å². The van der Waals surface area contributed by atoms with Crippen LogP contribution in [0.25, 0.3) is 0 Å². The van der Waals surface area contributed by atoms with Crippen molar-refractivity contribution in [1.29, 1.82) is 0 Å². The van der Waals surface area contributed by atoms with Gasteiger partial charge in [0, 0.05) is 5.56 Å². The molecule has 2 nitrogen and oxygen atoms in total. The second-order valence-corrected chi connectivity index (χ2v) is 4.86. The standard InChI is InChI=1S/C20H16O2/c1-21-18-10-5-9-17(15-18)19(20-11-6-14-22-20)13-12-16-7-3-2-4-8-16/h2-11,14-15,19H,1H3. The summed E-state index contributed by atoms with van der Waals surface area (Å²) < 4.78 is 10.9. The van der Waals surface area contributed by atoms with Crippen molar-refractivity contribution in [3.63, 3.8) is 0 Å². The summed E-state index contributed by atoms with van der Waals surface area (Å²) >= 11 is 0. The van der Waals surface area contributed by atoms with Crippen LogP contribution < -0.4 is 4.74 Å². The number of hydrogen-bond acceptors (Lipinski definition) is 2. The lowest BCUT2D eigenvalue weighted by molar-refractivity contribution is 0.414. The van der Waals surface area contributed by atoms with Crippen LogP contribution in [0.3, 0.4) is 0 Å². The molecule has 22 heavy (non-hydrogen) atoms. The van der Waals surface area contributed by atoms with E-state index in [2.05, 4.69) is 11.8 Å². The minimum absolute atomic E-state index is 0.120. The summed E-state index contributed by atoms with van der Waals surface area (Å²) in [6.07, 6.45) is 1.67. The fourth-order valence-electron chi connectivity index (χ4n) is 2.27. The lowest BCUT2D eigenvalue weighted by atomic mass is 9.96. The van der Waals surface area contributed by atoms with Crippen LogP contribution >= 0.6 is 0 Å². The maximum absolute atomic E-state index is 5.57. The molecule has 2 heteroatoms. The van der Waals surface area contributed by atoms with Crippen molar-refractivity contribution < 1.29 is 9.15 Å². The van der Waals surface area contributed by atoms with Gasteiger partial charge in [-0.25, -0.2) is 0 Å². The molecule has 1 atom stereocenters. The molecule has 0 spiro atoms. The van der Waals surface area contributed by atoms with E-state index in [9.17, 15) is 0 Å². The van der Waals surface area contributed by atoms with Gasteiger partial charge in [0.25, 0.3) is 0 Å². The molecule has 0 amide bonds. The van der Waals surface area contributed by atoms with E-state index in [-0.39, 0.29) is 5.92 Å². The van der Waals surface area contributed by atoms with Crippen molar-refractivity contribution in [3.05, 3.63) is 89.9 Å². The second kappa shape index (κ2) is 6.69. The first-order valence-corrected chi connectivity index (χ1v) is 7.11. The second-order valence-electron chi connectivity index (χ2n) is 4.86. The van der Waals surface area contributed by atoms with Crippen LogP contribution in [0.5, 0.6) is 5.75 Å². The van der Waals surface area contributed by atoms with Gasteiger partial charge in [-0.2, -0.15) is 0 Å². The Morgan fingerprint density at radius 2 is 1.82 bits per heavy atom. The predicted molar refractivity (Wildman–Crippen MR) is 86.9 cm³/mol. The van der Waals surface area contributed by atoms with E-state index in [0.29, 0.717) is 0 Å². The van der Waals surface area contributed by atoms with Gasteiger partial charge in [0.05, 0.1) is 13.4 Å². The number of methoxy groups -OCH3 is 1. The van der Waals surface area contributed by atoms with Crippen molar-refractivity contribution in [2.45, 2.75) is 5.92 Å². The number of rotatable bonds is 3. The molecule has 0 N–H and O–H groups in total. The molecule has 0 saturated carbocycles. The van der Waals surface area contributed by atoms with Crippen LogP contribution in [0, 0.1) is 11.8 Å². The first kappa shape index (κ1) is 14.0. The smallest absolute Gasteiger partial charge is 0.123 e. The van der Waals surface area contributed by atoms with Crippen LogP contribution in [-0.4, -0.2) is 7.11 Å². The van der Waals surface area contributed by atoms with E-state index < -0.39 is 0 Å². The van der Waals surface area contributed by atoms with Crippen LogP contribution in [0.1, 0.15) is 22.8 Å². The van der Waals surface area contributed by atoms with Gasteiger partial charge in [-0.3, -0.25) is 0 Å². The van der Waals surface area contributed by atoms with Crippen molar-refractivity contribution in [3.8, 4) is 17.6 Å². The molecule has 2 aromatic carbocycles. The fraction of sp³-hybridized carbons (Fsp3) is 0.100. The molecule has 0 aliphatic heterocycles. The Morgan fingerprint density at radius 3 is 2.55 bits per heavy atom. The molecule has 3 aromatic rings. The first-order chi connectivity index (χ1) is 10.9. The Morgan fingerprint density at radius 1 is 0.955 bits per heavy atom. The zero-order chi connectivity index (χ0) is 15.2. The lowest BCUT2D eigenvalue weighted by Crippen LogP contribution is -1.97. The van der Waals surface area contributed by atoms with E-state index in [1.54, 1.807) is 13.4 Å². The maximum Gasteiger partial charge on any atom is 0.123 e. The van der Waals surface area contributed by atoms with Crippen LogP contribution in [0.15, 0.2) is 77.4 Å². The number of benzene rings is 2. The molecular formula is C20H16O2. The van der Waals surface area contributed by atoms with Gasteiger partial charge in [0.15, 0.2) is 0 Å². The monoisotopic (exact) mass is 288 g/mol. The Labute approximate surface area is 130 Å². The molecule has 1 aromatic heterocycles. The maximum atomic E-state index is 5.57. The van der Waals surface area contributed by atoms with Crippen molar-refractivity contribution in [2.24, 2.45) is 0 Å². The SMILES string of the molecule is COc1cccc(C(C#Cc2ccccc2)c2ccco2)c1. The van der Waals surface area contributed by atoms with E-state index in [0.717, 1.165) is 22.6 Å². The highest BCUT2D eigenvalue weighted by atomic mass is 16.5. The highest BCUT2D eigenvalue weighted by Crippen LogP contribution is 2.27. The summed E-state index contributed by atoms with van der Waals surface area (Å²) in [5, 5.41) is 0. The summed E-state index contributed by atoms with van der Waals surface area (Å²) in [5.74, 6) is 8.05. The molecular weight excluding hydrogens is 272 g/mol. The molecule has 1 unspecified atom stereocenters. The number of ether oxygens (including phenoxy) is 1. The number of hydrogen-bond donors (Lipinski definition) is 0. The predicted octanol–water partition coefficient (Wildman–Crippen LogP) is 4.47. The van der Waals surface area contributed by atoms with Gasteiger partial charge >= 0.3 is 0 Å². The van der Waals surface area contributed by atoms with Crippen molar-refractivity contribution >= 4 is 0 Å². The summed E-state index contributed by atoms with van der Waals surface area (Å²) in [6, 6.07) is 21.7. The van der Waals surface area contributed by atoms with E-state index in [1.807, 2.05) is 66.7 Å². The van der Waals surface area contributed by atoms with Gasteiger partial charge in [0.2, 0.25) is 0 Å². The third-order valence-electron chi connectivity index (χ3n) is 3.39. The molecule has 0 saturated heterocycles. The van der Waals surface area contributed by atoms with Gasteiger partial charge in [0.1, 0.15) is 17.4 Å². The van der Waals surface area contributed by atoms with E-state index in [1.165, 1.54) is 0 Å². The largest absolute Gasteiger partial charge is 0.497 e. The molecule has 0 radical (unpaired) electrons. The average Bonchev–Trinajstić information content (AvgIpc) is 3.10. The first-order valence-electron chi connectivity index (χ1n) is 7.11. The Balaban J connectivity index is 2.00. The summed E-state index contributed by atoms with van der Waals surface area (Å²) in [4.78, 5) is 0.